The van der Waals surface area contributed by atoms with E-state index in [2.05, 4.69) is 45.3 Å². The van der Waals surface area contributed by atoms with Gasteiger partial charge in [0.15, 0.2) is 0 Å². The van der Waals surface area contributed by atoms with E-state index in [-0.39, 0.29) is 0 Å². The highest BCUT2D eigenvalue weighted by atomic mass is 14.9. The highest BCUT2D eigenvalue weighted by molar-refractivity contribution is 4.67. The maximum Gasteiger partial charge on any atom is 0.00416 e. The predicted molar refractivity (Wildman–Crippen MR) is 60.1 cm³/mol. The Hall–Kier alpha value is -0.0800. The van der Waals surface area contributed by atoms with Crippen LogP contribution in [-0.4, -0.2) is 24.7 Å². The molecule has 2 unspecified atom stereocenters. The molecule has 0 aromatic heterocycles. The molecule has 0 heterocycles. The summed E-state index contributed by atoms with van der Waals surface area (Å²) in [4.78, 5) is 0. The van der Waals surface area contributed by atoms with Crippen molar-refractivity contribution in [2.24, 2.45) is 0 Å². The molecule has 0 aromatic rings. The fourth-order valence-electron chi connectivity index (χ4n) is 1.60. The van der Waals surface area contributed by atoms with E-state index < -0.39 is 0 Å². The van der Waals surface area contributed by atoms with Crippen LogP contribution in [0.5, 0.6) is 0 Å². The highest BCUT2D eigenvalue weighted by Crippen LogP contribution is 2.01. The lowest BCUT2D eigenvalue weighted by Crippen LogP contribution is -2.34. The van der Waals surface area contributed by atoms with E-state index in [1.54, 1.807) is 0 Å². The van der Waals surface area contributed by atoms with Crippen LogP contribution >= 0.6 is 0 Å². The van der Waals surface area contributed by atoms with Crippen LogP contribution in [0.3, 0.4) is 0 Å². The van der Waals surface area contributed by atoms with E-state index >= 15 is 0 Å². The normalized spacial score (nSPS) is 16.2. The van der Waals surface area contributed by atoms with E-state index in [1.807, 2.05) is 0 Å². The predicted octanol–water partition coefficient (Wildman–Crippen LogP) is 2.15. The molecule has 2 nitrogen and oxygen atoms in total. The summed E-state index contributed by atoms with van der Waals surface area (Å²) >= 11 is 0. The van der Waals surface area contributed by atoms with E-state index in [0.29, 0.717) is 18.1 Å². The number of nitrogens with one attached hydrogen (secondary N) is 2. The third-order valence-electron chi connectivity index (χ3n) is 2.20. The lowest BCUT2D eigenvalue weighted by atomic mass is 10.1. The maximum atomic E-state index is 3.51. The molecule has 80 valence electrons. The molecule has 2 atom stereocenters. The van der Waals surface area contributed by atoms with Crippen molar-refractivity contribution in [1.82, 2.24) is 10.6 Å². The Labute approximate surface area is 83.5 Å². The van der Waals surface area contributed by atoms with Gasteiger partial charge in [0.05, 0.1) is 0 Å². The average Bonchev–Trinajstić information content (AvgIpc) is 2.00. The van der Waals surface area contributed by atoms with Crippen LogP contribution in [0.4, 0.5) is 0 Å². The summed E-state index contributed by atoms with van der Waals surface area (Å²) in [5.74, 6) is 0. The molecule has 0 fully saturated rings. The highest BCUT2D eigenvalue weighted by Gasteiger charge is 2.05. The van der Waals surface area contributed by atoms with Gasteiger partial charge in [-0.25, -0.2) is 0 Å². The summed E-state index contributed by atoms with van der Waals surface area (Å²) in [5.41, 5.74) is 0. The van der Waals surface area contributed by atoms with Gasteiger partial charge in [0.1, 0.15) is 0 Å². The van der Waals surface area contributed by atoms with Crippen molar-refractivity contribution in [3.8, 4) is 0 Å². The summed E-state index contributed by atoms with van der Waals surface area (Å²) in [7, 11) is 0. The Bertz CT molecular complexity index is 113. The van der Waals surface area contributed by atoms with Crippen molar-refractivity contribution in [3.63, 3.8) is 0 Å². The Kier molecular flexibility index (Phi) is 7.29. The molecule has 0 amide bonds. The van der Waals surface area contributed by atoms with Gasteiger partial charge in [0.2, 0.25) is 0 Å². The second-order valence-corrected chi connectivity index (χ2v) is 4.26. The second-order valence-electron chi connectivity index (χ2n) is 4.26. The van der Waals surface area contributed by atoms with Crippen LogP contribution in [0.25, 0.3) is 0 Å². The minimum Gasteiger partial charge on any atom is -0.315 e. The molecule has 0 spiro atoms. The first-order valence-electron chi connectivity index (χ1n) is 5.55. The van der Waals surface area contributed by atoms with Gasteiger partial charge in [-0.15, -0.1) is 0 Å². The molecule has 2 N–H and O–H groups in total. The molecule has 0 saturated carbocycles. The third-order valence-corrected chi connectivity index (χ3v) is 2.20. The van der Waals surface area contributed by atoms with Crippen LogP contribution in [-0.2, 0) is 0 Å². The molecular formula is C11H26N2. The van der Waals surface area contributed by atoms with E-state index in [9.17, 15) is 0 Å². The Balaban J connectivity index is 3.40. The molecule has 0 bridgehead atoms. The van der Waals surface area contributed by atoms with Gasteiger partial charge in [0.25, 0.3) is 0 Å². The number of hydrogen-bond donors (Lipinski definition) is 2. The summed E-state index contributed by atoms with van der Waals surface area (Å²) in [6, 6.07) is 1.90. The molecule has 0 rings (SSSR count). The summed E-state index contributed by atoms with van der Waals surface area (Å²) in [6.07, 6.45) is 2.51. The zero-order valence-corrected chi connectivity index (χ0v) is 9.85. The summed E-state index contributed by atoms with van der Waals surface area (Å²) in [6.45, 7) is 12.2. The van der Waals surface area contributed by atoms with E-state index in [0.717, 1.165) is 6.54 Å². The standard InChI is InChI=1S/C11H26N2/c1-6-12-10(4)7-8-11(5)13-9(2)3/h9-13H,6-8H2,1-5H3. The maximum absolute atomic E-state index is 3.51. The zero-order chi connectivity index (χ0) is 10.3. The molecular weight excluding hydrogens is 160 g/mol. The fraction of sp³-hybridized carbons (Fsp3) is 1.00. The third kappa shape index (κ3) is 8.26. The van der Waals surface area contributed by atoms with Crippen molar-refractivity contribution < 1.29 is 0 Å². The SMILES string of the molecule is CCNC(C)CCC(C)NC(C)C. The molecule has 13 heavy (non-hydrogen) atoms. The fourth-order valence-corrected chi connectivity index (χ4v) is 1.60. The molecule has 0 saturated heterocycles. The van der Waals surface area contributed by atoms with E-state index in [4.69, 9.17) is 0 Å². The van der Waals surface area contributed by atoms with Gasteiger partial charge in [-0.05, 0) is 33.2 Å². The van der Waals surface area contributed by atoms with E-state index in [1.165, 1.54) is 12.8 Å². The lowest BCUT2D eigenvalue weighted by molar-refractivity contribution is 0.419. The Morgan fingerprint density at radius 3 is 1.92 bits per heavy atom. The molecule has 2 heteroatoms. The molecule has 0 aliphatic heterocycles. The van der Waals surface area contributed by atoms with Crippen molar-refractivity contribution >= 4 is 0 Å². The molecule has 0 aliphatic carbocycles. The van der Waals surface area contributed by atoms with Gasteiger partial charge in [-0.2, -0.15) is 0 Å². The lowest BCUT2D eigenvalue weighted by Gasteiger charge is -2.19. The average molecular weight is 186 g/mol. The molecule has 0 aromatic carbocycles. The zero-order valence-electron chi connectivity index (χ0n) is 9.85. The van der Waals surface area contributed by atoms with Gasteiger partial charge >= 0.3 is 0 Å². The minimum atomic E-state index is 0.601. The van der Waals surface area contributed by atoms with Gasteiger partial charge in [-0.1, -0.05) is 20.8 Å². The van der Waals surface area contributed by atoms with Crippen LogP contribution in [0.15, 0.2) is 0 Å². The minimum absolute atomic E-state index is 0.601. The topological polar surface area (TPSA) is 24.1 Å². The van der Waals surface area contributed by atoms with Gasteiger partial charge < -0.3 is 10.6 Å². The van der Waals surface area contributed by atoms with Gasteiger partial charge in [0, 0.05) is 18.1 Å². The second kappa shape index (κ2) is 7.34. The Morgan fingerprint density at radius 1 is 0.923 bits per heavy atom. The largest absolute Gasteiger partial charge is 0.315 e. The number of hydrogen-bond acceptors (Lipinski definition) is 2. The van der Waals surface area contributed by atoms with Crippen molar-refractivity contribution in [2.45, 2.75) is 65.6 Å². The van der Waals surface area contributed by atoms with Crippen LogP contribution in [0.1, 0.15) is 47.5 Å². The van der Waals surface area contributed by atoms with Crippen LogP contribution < -0.4 is 10.6 Å². The summed E-state index contributed by atoms with van der Waals surface area (Å²) < 4.78 is 0. The smallest absolute Gasteiger partial charge is 0.00416 e. The summed E-state index contributed by atoms with van der Waals surface area (Å²) in [5, 5.41) is 6.94. The number of rotatable bonds is 7. The first-order chi connectivity index (χ1) is 6.06. The van der Waals surface area contributed by atoms with Crippen molar-refractivity contribution in [2.75, 3.05) is 6.54 Å². The molecule has 0 aliphatic rings. The van der Waals surface area contributed by atoms with Crippen molar-refractivity contribution in [3.05, 3.63) is 0 Å². The molecule has 0 radical (unpaired) electrons. The van der Waals surface area contributed by atoms with Gasteiger partial charge in [-0.3, -0.25) is 0 Å². The van der Waals surface area contributed by atoms with Crippen LogP contribution in [0, 0.1) is 0 Å². The Morgan fingerprint density at radius 2 is 1.46 bits per heavy atom. The first-order valence-corrected chi connectivity index (χ1v) is 5.55. The monoisotopic (exact) mass is 186 g/mol. The quantitative estimate of drug-likeness (QED) is 0.636. The van der Waals surface area contributed by atoms with Crippen LogP contribution in [0.2, 0.25) is 0 Å². The first kappa shape index (κ1) is 12.9. The van der Waals surface area contributed by atoms with Crippen molar-refractivity contribution in [1.29, 1.82) is 0 Å².